The summed E-state index contributed by atoms with van der Waals surface area (Å²) in [5, 5.41) is 0. The largest absolute Gasteiger partial charge is 0.444 e. The lowest BCUT2D eigenvalue weighted by Gasteiger charge is -2.10. The van der Waals surface area contributed by atoms with Gasteiger partial charge >= 0.3 is 5.97 Å². The number of terminal acetylenes is 1. The van der Waals surface area contributed by atoms with Crippen LogP contribution in [0.3, 0.4) is 0 Å². The van der Waals surface area contributed by atoms with Gasteiger partial charge in [0.15, 0.2) is 6.08 Å². The van der Waals surface area contributed by atoms with E-state index >= 15 is 0 Å². The maximum atomic E-state index is 13.2. The second-order valence-electron chi connectivity index (χ2n) is 2.54. The number of carbonyl (C=O) groups excluding carboxylic acids is 1. The van der Waals surface area contributed by atoms with E-state index in [-0.39, 0.29) is 0 Å². The standard InChI is InChI=1S/C10H7F2NO2/c1-3-8(15-6(2)14)7-4-5-9(11)13-10(7)12/h1,4-5,8H,2H3/i8D. The van der Waals surface area contributed by atoms with Gasteiger partial charge in [-0.3, -0.25) is 4.79 Å². The Morgan fingerprint density at radius 2 is 2.40 bits per heavy atom. The molecule has 1 rings (SSSR count). The van der Waals surface area contributed by atoms with Crippen molar-refractivity contribution in [1.29, 1.82) is 0 Å². The van der Waals surface area contributed by atoms with Gasteiger partial charge in [0.05, 0.1) is 6.93 Å². The smallest absolute Gasteiger partial charge is 0.304 e. The van der Waals surface area contributed by atoms with E-state index in [4.69, 9.17) is 7.79 Å². The Morgan fingerprint density at radius 1 is 1.73 bits per heavy atom. The summed E-state index contributed by atoms with van der Waals surface area (Å²) < 4.78 is 37.8. The van der Waals surface area contributed by atoms with E-state index < -0.39 is 29.5 Å². The molecule has 0 N–H and O–H groups in total. The van der Waals surface area contributed by atoms with Crippen molar-refractivity contribution in [2.45, 2.75) is 13.0 Å². The van der Waals surface area contributed by atoms with E-state index in [1.165, 1.54) is 0 Å². The van der Waals surface area contributed by atoms with Crippen molar-refractivity contribution in [2.75, 3.05) is 0 Å². The van der Waals surface area contributed by atoms with Crippen LogP contribution in [0.4, 0.5) is 8.78 Å². The van der Waals surface area contributed by atoms with Crippen molar-refractivity contribution in [3.8, 4) is 12.3 Å². The van der Waals surface area contributed by atoms with E-state index in [1.807, 2.05) is 5.92 Å². The molecule has 0 spiro atoms. The maximum absolute atomic E-state index is 13.2. The molecule has 5 heteroatoms. The van der Waals surface area contributed by atoms with E-state index in [9.17, 15) is 13.6 Å². The third-order valence-electron chi connectivity index (χ3n) is 1.44. The highest BCUT2D eigenvalue weighted by Crippen LogP contribution is 2.19. The first-order valence-corrected chi connectivity index (χ1v) is 3.89. The lowest BCUT2D eigenvalue weighted by Crippen LogP contribution is -2.09. The molecule has 3 nitrogen and oxygen atoms in total. The average molecular weight is 212 g/mol. The molecule has 0 saturated carbocycles. The molecular weight excluding hydrogens is 204 g/mol. The second-order valence-corrected chi connectivity index (χ2v) is 2.54. The third kappa shape index (κ3) is 2.74. The minimum Gasteiger partial charge on any atom is -0.444 e. The zero-order valence-corrected chi connectivity index (χ0v) is 7.75. The summed E-state index contributed by atoms with van der Waals surface area (Å²) in [7, 11) is 0. The molecule has 0 radical (unpaired) electrons. The second kappa shape index (κ2) is 4.51. The summed E-state index contributed by atoms with van der Waals surface area (Å²) in [6, 6.07) is 1.73. The number of hydrogen-bond acceptors (Lipinski definition) is 3. The predicted molar refractivity (Wildman–Crippen MR) is 47.5 cm³/mol. The van der Waals surface area contributed by atoms with Gasteiger partial charge < -0.3 is 4.74 Å². The number of nitrogens with zero attached hydrogens (tertiary/aromatic N) is 1. The predicted octanol–water partition coefficient (Wildman–Crippen LogP) is 1.60. The molecule has 0 aliphatic rings. The molecule has 0 aromatic carbocycles. The fraction of sp³-hybridized carbons (Fsp3) is 0.200. The van der Waals surface area contributed by atoms with Gasteiger partial charge in [-0.05, 0) is 12.1 Å². The van der Waals surface area contributed by atoms with Gasteiger partial charge in [-0.25, -0.2) is 0 Å². The first-order chi connectivity index (χ1) is 7.39. The van der Waals surface area contributed by atoms with Crippen LogP contribution in [-0.4, -0.2) is 11.0 Å². The summed E-state index contributed by atoms with van der Waals surface area (Å²) in [5.74, 6) is -1.38. The van der Waals surface area contributed by atoms with E-state index in [0.29, 0.717) is 0 Å². The van der Waals surface area contributed by atoms with Crippen molar-refractivity contribution in [3.63, 3.8) is 0 Å². The molecule has 0 fully saturated rings. The quantitative estimate of drug-likeness (QED) is 0.424. The van der Waals surface area contributed by atoms with E-state index in [2.05, 4.69) is 9.72 Å². The summed E-state index contributed by atoms with van der Waals surface area (Å²) in [5.41, 5.74) is -0.494. The van der Waals surface area contributed by atoms with Crippen molar-refractivity contribution in [1.82, 2.24) is 4.98 Å². The topological polar surface area (TPSA) is 39.2 Å². The lowest BCUT2D eigenvalue weighted by molar-refractivity contribution is -0.144. The molecule has 1 heterocycles. The Balaban J connectivity index is 3.24. The summed E-state index contributed by atoms with van der Waals surface area (Å²) in [6.45, 7) is 1.02. The van der Waals surface area contributed by atoms with Gasteiger partial charge in [-0.1, -0.05) is 5.92 Å². The van der Waals surface area contributed by atoms with Gasteiger partial charge in [-0.2, -0.15) is 13.8 Å². The number of esters is 1. The number of halogens is 2. The molecule has 1 aromatic heterocycles. The summed E-state index contributed by atoms with van der Waals surface area (Å²) in [4.78, 5) is 13.6. The van der Waals surface area contributed by atoms with Crippen molar-refractivity contribution in [2.24, 2.45) is 0 Å². The molecule has 1 unspecified atom stereocenters. The Labute approximate surface area is 86.5 Å². The highest BCUT2D eigenvalue weighted by atomic mass is 19.1. The molecule has 0 aliphatic heterocycles. The summed E-state index contributed by atoms with van der Waals surface area (Å²) >= 11 is 0. The highest BCUT2D eigenvalue weighted by molar-refractivity contribution is 5.66. The minimum absolute atomic E-state index is 0.494. The Kier molecular flexibility index (Phi) is 2.88. The lowest BCUT2D eigenvalue weighted by atomic mass is 10.1. The van der Waals surface area contributed by atoms with Crippen molar-refractivity contribution in [3.05, 3.63) is 29.6 Å². The number of carbonyl (C=O) groups is 1. The van der Waals surface area contributed by atoms with Gasteiger partial charge in [-0.15, -0.1) is 6.42 Å². The fourth-order valence-corrected chi connectivity index (χ4v) is 0.887. The molecule has 15 heavy (non-hydrogen) atoms. The van der Waals surface area contributed by atoms with Crippen LogP contribution in [-0.2, 0) is 9.53 Å². The molecule has 0 bridgehead atoms. The van der Waals surface area contributed by atoms with Gasteiger partial charge in [0, 0.05) is 6.92 Å². The normalized spacial score (nSPS) is 14.7. The Bertz CT molecular complexity index is 472. The number of ether oxygens (including phenoxy) is 1. The first kappa shape index (κ1) is 9.59. The Hall–Kier alpha value is -1.96. The number of hydrogen-bond donors (Lipinski definition) is 0. The van der Waals surface area contributed by atoms with Crippen molar-refractivity contribution >= 4 is 5.97 Å². The zero-order chi connectivity index (χ0) is 12.3. The van der Waals surface area contributed by atoms with Crippen LogP contribution in [0.1, 0.15) is 19.9 Å². The van der Waals surface area contributed by atoms with Gasteiger partial charge in [0.2, 0.25) is 11.9 Å². The van der Waals surface area contributed by atoms with Gasteiger partial charge in [0.25, 0.3) is 0 Å². The van der Waals surface area contributed by atoms with Crippen molar-refractivity contribution < 1.29 is 19.7 Å². The van der Waals surface area contributed by atoms with Crippen LogP contribution in [0.15, 0.2) is 12.1 Å². The molecule has 78 valence electrons. The molecule has 0 saturated heterocycles. The summed E-state index contributed by atoms with van der Waals surface area (Å²) in [6.07, 6.45) is 2.65. The first-order valence-electron chi connectivity index (χ1n) is 4.39. The number of rotatable bonds is 2. The highest BCUT2D eigenvalue weighted by Gasteiger charge is 2.17. The molecule has 1 atom stereocenters. The molecule has 0 aliphatic carbocycles. The fourth-order valence-electron chi connectivity index (χ4n) is 0.887. The molecule has 1 aromatic rings. The SMILES string of the molecule is [2H]C(C#C)(OC(C)=O)c1ccc(F)nc1F. The van der Waals surface area contributed by atoms with E-state index in [1.54, 1.807) is 0 Å². The number of aromatic nitrogens is 1. The average Bonchev–Trinajstić information content (AvgIpc) is 2.16. The molecule has 0 amide bonds. The zero-order valence-electron chi connectivity index (χ0n) is 8.75. The number of pyridine rings is 1. The Morgan fingerprint density at radius 3 is 2.87 bits per heavy atom. The van der Waals surface area contributed by atoms with Gasteiger partial charge in [0.1, 0.15) is 0 Å². The van der Waals surface area contributed by atoms with Crippen LogP contribution >= 0.6 is 0 Å². The van der Waals surface area contributed by atoms with Crippen LogP contribution in [0.25, 0.3) is 0 Å². The van der Waals surface area contributed by atoms with Crippen LogP contribution < -0.4 is 0 Å². The van der Waals surface area contributed by atoms with E-state index in [0.717, 1.165) is 19.1 Å². The molecular formula is C10H7F2NO2. The van der Waals surface area contributed by atoms with Crippen LogP contribution in [0.5, 0.6) is 0 Å². The maximum Gasteiger partial charge on any atom is 0.304 e. The third-order valence-corrected chi connectivity index (χ3v) is 1.44. The van der Waals surface area contributed by atoms with Crippen LogP contribution in [0, 0.1) is 24.2 Å². The minimum atomic E-state index is -2.34. The van der Waals surface area contributed by atoms with Crippen LogP contribution in [0.2, 0.25) is 0 Å². The monoisotopic (exact) mass is 212 g/mol.